The zero-order chi connectivity index (χ0) is 9.97. The topological polar surface area (TPSA) is 9.23 Å². The predicted molar refractivity (Wildman–Crippen MR) is 58.8 cm³/mol. The standard InChI is InChI=1S/C13H18O/c1-10(2)12-5-7-13(8-6-12)14-9-11-3-4-11/h5-8,10-11H,3-4,9H2,1-2H3. The molecule has 76 valence electrons. The summed E-state index contributed by atoms with van der Waals surface area (Å²) in [4.78, 5) is 0. The van der Waals surface area contributed by atoms with Gasteiger partial charge in [-0.15, -0.1) is 0 Å². The van der Waals surface area contributed by atoms with Crippen molar-refractivity contribution in [1.82, 2.24) is 0 Å². The van der Waals surface area contributed by atoms with E-state index in [4.69, 9.17) is 4.74 Å². The molecule has 1 aromatic carbocycles. The first-order valence-corrected chi connectivity index (χ1v) is 5.48. The third kappa shape index (κ3) is 2.50. The molecule has 2 rings (SSSR count). The summed E-state index contributed by atoms with van der Waals surface area (Å²) in [5.74, 6) is 2.45. The van der Waals surface area contributed by atoms with Crippen molar-refractivity contribution in [2.75, 3.05) is 6.61 Å². The molecular formula is C13H18O. The van der Waals surface area contributed by atoms with Crippen LogP contribution in [-0.2, 0) is 0 Å². The fraction of sp³-hybridized carbons (Fsp3) is 0.538. The van der Waals surface area contributed by atoms with Gasteiger partial charge in [0.15, 0.2) is 0 Å². The normalized spacial score (nSPS) is 15.9. The van der Waals surface area contributed by atoms with E-state index >= 15 is 0 Å². The van der Waals surface area contributed by atoms with Crippen LogP contribution < -0.4 is 4.74 Å². The van der Waals surface area contributed by atoms with E-state index in [1.807, 2.05) is 0 Å². The Kier molecular flexibility index (Phi) is 2.76. The number of rotatable bonds is 4. The van der Waals surface area contributed by atoms with Gasteiger partial charge in [-0.25, -0.2) is 0 Å². The van der Waals surface area contributed by atoms with Crippen molar-refractivity contribution in [1.29, 1.82) is 0 Å². The lowest BCUT2D eigenvalue weighted by Gasteiger charge is -2.08. The second kappa shape index (κ2) is 4.04. The maximum atomic E-state index is 5.66. The molecule has 0 atom stereocenters. The van der Waals surface area contributed by atoms with Crippen LogP contribution in [0.25, 0.3) is 0 Å². The predicted octanol–water partition coefficient (Wildman–Crippen LogP) is 3.60. The summed E-state index contributed by atoms with van der Waals surface area (Å²) in [7, 11) is 0. The lowest BCUT2D eigenvalue weighted by Crippen LogP contribution is -1.98. The fourth-order valence-corrected chi connectivity index (χ4v) is 1.45. The van der Waals surface area contributed by atoms with Gasteiger partial charge in [0.05, 0.1) is 6.61 Å². The minimum Gasteiger partial charge on any atom is -0.493 e. The van der Waals surface area contributed by atoms with Gasteiger partial charge in [-0.3, -0.25) is 0 Å². The zero-order valence-corrected chi connectivity index (χ0v) is 8.99. The van der Waals surface area contributed by atoms with E-state index in [1.54, 1.807) is 0 Å². The largest absolute Gasteiger partial charge is 0.493 e. The Balaban J connectivity index is 1.91. The number of hydrogen-bond donors (Lipinski definition) is 0. The molecule has 1 aliphatic rings. The van der Waals surface area contributed by atoms with Crippen molar-refractivity contribution in [2.45, 2.75) is 32.6 Å². The Morgan fingerprint density at radius 3 is 2.36 bits per heavy atom. The van der Waals surface area contributed by atoms with Gasteiger partial charge in [-0.2, -0.15) is 0 Å². The summed E-state index contributed by atoms with van der Waals surface area (Å²) in [5.41, 5.74) is 1.38. The van der Waals surface area contributed by atoms with E-state index < -0.39 is 0 Å². The maximum Gasteiger partial charge on any atom is 0.119 e. The fourth-order valence-electron chi connectivity index (χ4n) is 1.45. The van der Waals surface area contributed by atoms with E-state index in [0.29, 0.717) is 5.92 Å². The highest BCUT2D eigenvalue weighted by atomic mass is 16.5. The molecule has 0 N–H and O–H groups in total. The average molecular weight is 190 g/mol. The van der Waals surface area contributed by atoms with Crippen molar-refractivity contribution in [3.05, 3.63) is 29.8 Å². The van der Waals surface area contributed by atoms with Gasteiger partial charge in [0.2, 0.25) is 0 Å². The molecule has 0 unspecified atom stereocenters. The van der Waals surface area contributed by atoms with E-state index in [0.717, 1.165) is 18.3 Å². The Hall–Kier alpha value is -0.980. The minimum atomic E-state index is 0.604. The first-order chi connectivity index (χ1) is 6.75. The van der Waals surface area contributed by atoms with Crippen molar-refractivity contribution in [3.63, 3.8) is 0 Å². The highest BCUT2D eigenvalue weighted by molar-refractivity contribution is 5.28. The molecule has 0 aromatic heterocycles. The lowest BCUT2D eigenvalue weighted by molar-refractivity contribution is 0.299. The van der Waals surface area contributed by atoms with Crippen LogP contribution in [0, 0.1) is 5.92 Å². The summed E-state index contributed by atoms with van der Waals surface area (Å²) in [6.07, 6.45) is 2.70. The second-order valence-corrected chi connectivity index (χ2v) is 4.48. The third-order valence-electron chi connectivity index (χ3n) is 2.73. The SMILES string of the molecule is CC(C)c1ccc(OCC2CC2)cc1. The molecule has 1 nitrogen and oxygen atoms in total. The third-order valence-corrected chi connectivity index (χ3v) is 2.73. The second-order valence-electron chi connectivity index (χ2n) is 4.48. The van der Waals surface area contributed by atoms with Crippen LogP contribution in [-0.4, -0.2) is 6.61 Å². The summed E-state index contributed by atoms with van der Waals surface area (Å²) < 4.78 is 5.66. The van der Waals surface area contributed by atoms with Gasteiger partial charge < -0.3 is 4.74 Å². The van der Waals surface area contributed by atoms with Crippen LogP contribution in [0.3, 0.4) is 0 Å². The van der Waals surface area contributed by atoms with Crippen molar-refractivity contribution >= 4 is 0 Å². The van der Waals surface area contributed by atoms with Gasteiger partial charge in [-0.1, -0.05) is 26.0 Å². The van der Waals surface area contributed by atoms with Crippen LogP contribution >= 0.6 is 0 Å². The first kappa shape index (κ1) is 9.57. The summed E-state index contributed by atoms with van der Waals surface area (Å²) >= 11 is 0. The molecule has 0 amide bonds. The molecule has 0 aliphatic heterocycles. The minimum absolute atomic E-state index is 0.604. The molecule has 1 aliphatic carbocycles. The summed E-state index contributed by atoms with van der Waals surface area (Å²) in [6, 6.07) is 8.48. The Morgan fingerprint density at radius 2 is 1.86 bits per heavy atom. The Bertz CT molecular complexity index is 283. The molecule has 1 heteroatoms. The molecule has 0 spiro atoms. The maximum absolute atomic E-state index is 5.66. The number of ether oxygens (including phenoxy) is 1. The van der Waals surface area contributed by atoms with E-state index in [9.17, 15) is 0 Å². The van der Waals surface area contributed by atoms with Gasteiger partial charge in [0, 0.05) is 0 Å². The molecule has 1 saturated carbocycles. The van der Waals surface area contributed by atoms with Crippen molar-refractivity contribution in [2.24, 2.45) is 5.92 Å². The van der Waals surface area contributed by atoms with Gasteiger partial charge in [-0.05, 0) is 42.4 Å². The quantitative estimate of drug-likeness (QED) is 0.705. The number of benzene rings is 1. The van der Waals surface area contributed by atoms with Crippen molar-refractivity contribution < 1.29 is 4.74 Å². The van der Waals surface area contributed by atoms with Gasteiger partial charge in [0.25, 0.3) is 0 Å². The Morgan fingerprint density at radius 1 is 1.21 bits per heavy atom. The molecule has 14 heavy (non-hydrogen) atoms. The van der Waals surface area contributed by atoms with Crippen LogP contribution in [0.15, 0.2) is 24.3 Å². The molecule has 0 bridgehead atoms. The summed E-state index contributed by atoms with van der Waals surface area (Å²) in [6.45, 7) is 5.32. The van der Waals surface area contributed by atoms with Crippen LogP contribution in [0.2, 0.25) is 0 Å². The highest BCUT2D eigenvalue weighted by Crippen LogP contribution is 2.29. The summed E-state index contributed by atoms with van der Waals surface area (Å²) in [5, 5.41) is 0. The monoisotopic (exact) mass is 190 g/mol. The molecule has 1 aromatic rings. The first-order valence-electron chi connectivity index (χ1n) is 5.48. The molecular weight excluding hydrogens is 172 g/mol. The van der Waals surface area contributed by atoms with E-state index in [2.05, 4.69) is 38.1 Å². The Labute approximate surface area is 86.1 Å². The molecule has 0 saturated heterocycles. The smallest absolute Gasteiger partial charge is 0.119 e. The van der Waals surface area contributed by atoms with Gasteiger partial charge in [0.1, 0.15) is 5.75 Å². The molecule has 1 fully saturated rings. The van der Waals surface area contributed by atoms with Crippen LogP contribution in [0.4, 0.5) is 0 Å². The lowest BCUT2D eigenvalue weighted by atomic mass is 10.0. The van der Waals surface area contributed by atoms with Gasteiger partial charge >= 0.3 is 0 Å². The highest BCUT2D eigenvalue weighted by Gasteiger charge is 2.21. The van der Waals surface area contributed by atoms with E-state index in [1.165, 1.54) is 18.4 Å². The van der Waals surface area contributed by atoms with E-state index in [-0.39, 0.29) is 0 Å². The van der Waals surface area contributed by atoms with Crippen molar-refractivity contribution in [3.8, 4) is 5.75 Å². The van der Waals surface area contributed by atoms with Crippen LogP contribution in [0.5, 0.6) is 5.75 Å². The molecule has 0 radical (unpaired) electrons. The number of hydrogen-bond acceptors (Lipinski definition) is 1. The molecule has 0 heterocycles. The van der Waals surface area contributed by atoms with Crippen LogP contribution in [0.1, 0.15) is 38.2 Å². The zero-order valence-electron chi connectivity index (χ0n) is 8.99. The average Bonchev–Trinajstić information content (AvgIpc) is 2.99.